The van der Waals surface area contributed by atoms with E-state index in [1.807, 2.05) is 6.07 Å². The van der Waals surface area contributed by atoms with E-state index in [0.717, 1.165) is 4.68 Å². The molecule has 3 aromatic rings. The fourth-order valence-corrected chi connectivity index (χ4v) is 3.87. The second kappa shape index (κ2) is 8.26. The van der Waals surface area contributed by atoms with Gasteiger partial charge in [0.05, 0.1) is 22.2 Å². The lowest BCUT2D eigenvalue weighted by atomic mass is 10.2. The van der Waals surface area contributed by atoms with Gasteiger partial charge < -0.3 is 5.32 Å². The number of halogens is 2. The Balaban J connectivity index is 0.00000261. The average molecular weight is 408 g/mol. The van der Waals surface area contributed by atoms with E-state index >= 15 is 0 Å². The van der Waals surface area contributed by atoms with Crippen molar-refractivity contribution in [1.82, 2.24) is 20.1 Å². The standard InChI is InChI=1S/C17H14FN5O2S.ClH/c1-20-11-13-9-16(23(22-13)15-6-3-7-21-17(15)18)26(24,25)14-5-2-4-12(8-14)10-19;/h2-9,20H,11H2,1H3;1H. The van der Waals surface area contributed by atoms with Gasteiger partial charge in [0.2, 0.25) is 15.8 Å². The third-order valence-corrected chi connectivity index (χ3v) is 5.32. The van der Waals surface area contributed by atoms with Crippen LogP contribution in [0.15, 0.2) is 58.6 Å². The lowest BCUT2D eigenvalue weighted by molar-refractivity contribution is 0.554. The third-order valence-electron chi connectivity index (χ3n) is 3.60. The van der Waals surface area contributed by atoms with E-state index < -0.39 is 15.8 Å². The summed E-state index contributed by atoms with van der Waals surface area (Å²) < 4.78 is 41.3. The van der Waals surface area contributed by atoms with Gasteiger partial charge in [0.25, 0.3) is 0 Å². The molecule has 0 bridgehead atoms. The predicted octanol–water partition coefficient (Wildman–Crippen LogP) is 2.25. The van der Waals surface area contributed by atoms with E-state index in [0.29, 0.717) is 12.2 Å². The maximum absolute atomic E-state index is 14.1. The van der Waals surface area contributed by atoms with Gasteiger partial charge in [0.1, 0.15) is 5.69 Å². The van der Waals surface area contributed by atoms with E-state index in [1.54, 1.807) is 7.05 Å². The molecule has 10 heteroatoms. The second-order valence-electron chi connectivity index (χ2n) is 5.37. The van der Waals surface area contributed by atoms with Crippen LogP contribution >= 0.6 is 12.4 Å². The molecule has 2 heterocycles. The van der Waals surface area contributed by atoms with Crippen molar-refractivity contribution in [2.45, 2.75) is 16.5 Å². The molecule has 0 atom stereocenters. The van der Waals surface area contributed by atoms with Crippen LogP contribution in [0.4, 0.5) is 4.39 Å². The van der Waals surface area contributed by atoms with E-state index in [1.165, 1.54) is 48.7 Å². The first kappa shape index (κ1) is 20.5. The van der Waals surface area contributed by atoms with Crippen LogP contribution in [0, 0.1) is 17.3 Å². The first-order valence-electron chi connectivity index (χ1n) is 7.57. The van der Waals surface area contributed by atoms with Gasteiger partial charge in [0.15, 0.2) is 5.03 Å². The Bertz CT molecular complexity index is 1110. The average Bonchev–Trinajstić information content (AvgIpc) is 3.07. The van der Waals surface area contributed by atoms with Gasteiger partial charge in [-0.05, 0) is 37.4 Å². The molecule has 0 aliphatic carbocycles. The van der Waals surface area contributed by atoms with Crippen molar-refractivity contribution in [3.8, 4) is 11.8 Å². The summed E-state index contributed by atoms with van der Waals surface area (Å²) >= 11 is 0. The third kappa shape index (κ3) is 3.98. The summed E-state index contributed by atoms with van der Waals surface area (Å²) in [7, 11) is -2.35. The molecular weight excluding hydrogens is 393 g/mol. The highest BCUT2D eigenvalue weighted by molar-refractivity contribution is 7.91. The van der Waals surface area contributed by atoms with Gasteiger partial charge in [-0.3, -0.25) is 0 Å². The Kier molecular flexibility index (Phi) is 6.28. The lowest BCUT2D eigenvalue weighted by Crippen LogP contribution is -2.12. The second-order valence-corrected chi connectivity index (χ2v) is 7.27. The molecule has 0 radical (unpaired) electrons. The topological polar surface area (TPSA) is 101 Å². The molecule has 2 aromatic heterocycles. The van der Waals surface area contributed by atoms with Crippen molar-refractivity contribution in [3.05, 3.63) is 65.9 Å². The largest absolute Gasteiger partial charge is 0.314 e. The number of pyridine rings is 1. The SMILES string of the molecule is CNCc1cc(S(=O)(=O)c2cccc(C#N)c2)n(-c2cccnc2F)n1.Cl. The fraction of sp³-hybridized carbons (Fsp3) is 0.118. The van der Waals surface area contributed by atoms with Crippen LogP contribution in [0.1, 0.15) is 11.3 Å². The maximum Gasteiger partial charge on any atom is 0.238 e. The van der Waals surface area contributed by atoms with Gasteiger partial charge >= 0.3 is 0 Å². The quantitative estimate of drug-likeness (QED) is 0.651. The zero-order chi connectivity index (χ0) is 18.7. The molecule has 1 aromatic carbocycles. The highest BCUT2D eigenvalue weighted by Gasteiger charge is 2.26. The Hall–Kier alpha value is -2.80. The predicted molar refractivity (Wildman–Crippen MR) is 97.9 cm³/mol. The fourth-order valence-electron chi connectivity index (χ4n) is 2.43. The van der Waals surface area contributed by atoms with E-state index in [-0.39, 0.29) is 33.6 Å². The van der Waals surface area contributed by atoms with E-state index in [4.69, 9.17) is 5.26 Å². The van der Waals surface area contributed by atoms with Crippen LogP contribution in [0.3, 0.4) is 0 Å². The molecule has 0 spiro atoms. The molecule has 0 saturated carbocycles. The molecule has 0 aliphatic rings. The van der Waals surface area contributed by atoms with Crippen molar-refractivity contribution in [2.24, 2.45) is 0 Å². The number of rotatable bonds is 5. The highest BCUT2D eigenvalue weighted by atomic mass is 35.5. The van der Waals surface area contributed by atoms with Gasteiger partial charge in [0, 0.05) is 18.8 Å². The number of hydrogen-bond acceptors (Lipinski definition) is 6. The first-order valence-corrected chi connectivity index (χ1v) is 9.05. The van der Waals surface area contributed by atoms with Crippen LogP contribution in [0.2, 0.25) is 0 Å². The summed E-state index contributed by atoms with van der Waals surface area (Å²) in [5.74, 6) is -0.839. The van der Waals surface area contributed by atoms with Crippen LogP contribution in [0.25, 0.3) is 5.69 Å². The summed E-state index contributed by atoms with van der Waals surface area (Å²) in [6.07, 6.45) is 1.27. The smallest absolute Gasteiger partial charge is 0.238 e. The van der Waals surface area contributed by atoms with Crippen molar-refractivity contribution in [1.29, 1.82) is 5.26 Å². The summed E-state index contributed by atoms with van der Waals surface area (Å²) in [6, 6.07) is 11.8. The van der Waals surface area contributed by atoms with Crippen LogP contribution in [0.5, 0.6) is 0 Å². The van der Waals surface area contributed by atoms with Gasteiger partial charge in [-0.15, -0.1) is 12.4 Å². The number of nitriles is 1. The Morgan fingerprint density at radius 2 is 2.04 bits per heavy atom. The summed E-state index contributed by atoms with van der Waals surface area (Å²) in [5, 5.41) is 15.9. The summed E-state index contributed by atoms with van der Waals surface area (Å²) in [5.41, 5.74) is 0.552. The van der Waals surface area contributed by atoms with Crippen LogP contribution in [-0.2, 0) is 16.4 Å². The van der Waals surface area contributed by atoms with E-state index in [2.05, 4.69) is 15.4 Å². The molecule has 0 amide bonds. The minimum absolute atomic E-state index is 0. The minimum atomic E-state index is -4.04. The van der Waals surface area contributed by atoms with Crippen LogP contribution in [-0.4, -0.2) is 30.2 Å². The number of sulfone groups is 1. The van der Waals surface area contributed by atoms with Gasteiger partial charge in [-0.1, -0.05) is 6.07 Å². The van der Waals surface area contributed by atoms with Crippen molar-refractivity contribution < 1.29 is 12.8 Å². The monoisotopic (exact) mass is 407 g/mol. The molecule has 0 saturated heterocycles. The van der Waals surface area contributed by atoms with Crippen molar-refractivity contribution in [3.63, 3.8) is 0 Å². The molecule has 7 nitrogen and oxygen atoms in total. The number of aromatic nitrogens is 3. The molecule has 1 N–H and O–H groups in total. The number of hydrogen-bond donors (Lipinski definition) is 1. The number of benzene rings is 1. The Morgan fingerprint density at radius 1 is 1.26 bits per heavy atom. The Labute approximate surface area is 161 Å². The first-order chi connectivity index (χ1) is 12.5. The summed E-state index contributed by atoms with van der Waals surface area (Å²) in [6.45, 7) is 0.301. The van der Waals surface area contributed by atoms with Crippen molar-refractivity contribution >= 4 is 22.2 Å². The highest BCUT2D eigenvalue weighted by Crippen LogP contribution is 2.25. The lowest BCUT2D eigenvalue weighted by Gasteiger charge is -2.09. The van der Waals surface area contributed by atoms with Gasteiger partial charge in [-0.2, -0.15) is 14.8 Å². The maximum atomic E-state index is 14.1. The molecule has 3 rings (SSSR count). The van der Waals surface area contributed by atoms with Crippen LogP contribution < -0.4 is 5.32 Å². The normalized spacial score (nSPS) is 10.9. The number of nitrogens with one attached hydrogen (secondary N) is 1. The molecule has 0 fully saturated rings. The summed E-state index contributed by atoms with van der Waals surface area (Å²) in [4.78, 5) is 3.48. The molecule has 27 heavy (non-hydrogen) atoms. The molecule has 0 unspecified atom stereocenters. The van der Waals surface area contributed by atoms with Crippen molar-refractivity contribution in [2.75, 3.05) is 7.05 Å². The zero-order valence-electron chi connectivity index (χ0n) is 14.1. The number of nitrogens with zero attached hydrogens (tertiary/aromatic N) is 4. The molecular formula is C17H15ClFN5O2S. The molecule has 140 valence electrons. The van der Waals surface area contributed by atoms with E-state index in [9.17, 15) is 12.8 Å². The molecule has 0 aliphatic heterocycles. The zero-order valence-corrected chi connectivity index (χ0v) is 15.8. The van der Waals surface area contributed by atoms with Gasteiger partial charge in [-0.25, -0.2) is 18.1 Å². The Morgan fingerprint density at radius 3 is 2.70 bits per heavy atom. The minimum Gasteiger partial charge on any atom is -0.314 e.